The lowest BCUT2D eigenvalue weighted by molar-refractivity contribution is 0.189. The lowest BCUT2D eigenvalue weighted by atomic mass is 9.97. The fraction of sp³-hybridized carbons (Fsp3) is 0.692. The predicted molar refractivity (Wildman–Crippen MR) is 73.0 cm³/mol. The van der Waals surface area contributed by atoms with Crippen LogP contribution in [0.2, 0.25) is 0 Å². The first kappa shape index (κ1) is 13.1. The Hall–Kier alpha value is -0.320. The maximum Gasteiger partial charge on any atom is 0.131 e. The van der Waals surface area contributed by atoms with Crippen LogP contribution in [0.15, 0.2) is 21.2 Å². The van der Waals surface area contributed by atoms with Gasteiger partial charge in [-0.2, -0.15) is 0 Å². The molecule has 1 N–H and O–H groups in total. The number of hydrogen-bond acceptors (Lipinski definition) is 3. The van der Waals surface area contributed by atoms with Crippen molar-refractivity contribution in [1.29, 1.82) is 0 Å². The summed E-state index contributed by atoms with van der Waals surface area (Å²) in [5.41, 5.74) is 0. The van der Waals surface area contributed by atoms with Gasteiger partial charge in [0.2, 0.25) is 0 Å². The minimum absolute atomic E-state index is 0.821. The van der Waals surface area contributed by atoms with Crippen molar-refractivity contribution in [1.82, 2.24) is 10.2 Å². The van der Waals surface area contributed by atoms with E-state index in [0.29, 0.717) is 0 Å². The molecule has 4 heteroatoms. The summed E-state index contributed by atoms with van der Waals surface area (Å²) in [6.07, 6.45) is 4.36. The van der Waals surface area contributed by atoms with Gasteiger partial charge in [0.25, 0.3) is 0 Å². The number of hydrogen-bond donors (Lipinski definition) is 1. The highest BCUT2D eigenvalue weighted by Crippen LogP contribution is 2.18. The van der Waals surface area contributed by atoms with E-state index in [0.717, 1.165) is 29.2 Å². The lowest BCUT2D eigenvalue weighted by Gasteiger charge is -2.31. The molecule has 0 unspecified atom stereocenters. The number of halogens is 1. The van der Waals surface area contributed by atoms with Crippen LogP contribution in [-0.4, -0.2) is 31.1 Å². The summed E-state index contributed by atoms with van der Waals surface area (Å²) in [6.45, 7) is 7.87. The van der Waals surface area contributed by atoms with Crippen LogP contribution in [0.3, 0.4) is 0 Å². The van der Waals surface area contributed by atoms with Crippen molar-refractivity contribution < 1.29 is 4.42 Å². The van der Waals surface area contributed by atoms with E-state index >= 15 is 0 Å². The molecule has 0 bridgehead atoms. The molecule has 1 saturated heterocycles. The molecule has 2 rings (SSSR count). The zero-order valence-electron chi connectivity index (χ0n) is 10.4. The number of likely N-dealkylation sites (tertiary alicyclic amines) is 1. The zero-order valence-corrected chi connectivity index (χ0v) is 12.0. The van der Waals surface area contributed by atoms with Crippen molar-refractivity contribution in [2.24, 2.45) is 5.92 Å². The average molecular weight is 301 g/mol. The van der Waals surface area contributed by atoms with Crippen molar-refractivity contribution in [3.05, 3.63) is 22.6 Å². The van der Waals surface area contributed by atoms with E-state index < -0.39 is 0 Å². The van der Waals surface area contributed by atoms with Crippen LogP contribution >= 0.6 is 15.9 Å². The van der Waals surface area contributed by atoms with Crippen molar-refractivity contribution >= 4 is 15.9 Å². The molecule has 3 nitrogen and oxygen atoms in total. The number of piperidine rings is 1. The van der Waals surface area contributed by atoms with E-state index in [2.05, 4.69) is 33.1 Å². The number of nitrogens with one attached hydrogen (secondary N) is 1. The Labute approximate surface area is 112 Å². The fourth-order valence-electron chi connectivity index (χ4n) is 2.35. The molecule has 0 amide bonds. The molecule has 0 aliphatic carbocycles. The van der Waals surface area contributed by atoms with Gasteiger partial charge in [0, 0.05) is 0 Å². The Bertz CT molecular complexity index is 332. The van der Waals surface area contributed by atoms with E-state index in [1.807, 2.05) is 6.07 Å². The number of nitrogens with zero attached hydrogens (tertiary/aromatic N) is 1. The topological polar surface area (TPSA) is 28.4 Å². The van der Waals surface area contributed by atoms with Crippen molar-refractivity contribution in [3.8, 4) is 0 Å². The quantitative estimate of drug-likeness (QED) is 0.906. The van der Waals surface area contributed by atoms with Gasteiger partial charge in [-0.05, 0) is 66.9 Å². The molecule has 0 spiro atoms. The van der Waals surface area contributed by atoms with Crippen LogP contribution in [0, 0.1) is 5.92 Å². The third kappa shape index (κ3) is 3.83. The van der Waals surface area contributed by atoms with E-state index in [4.69, 9.17) is 4.42 Å². The van der Waals surface area contributed by atoms with Crippen molar-refractivity contribution in [2.45, 2.75) is 26.3 Å². The van der Waals surface area contributed by atoms with Gasteiger partial charge < -0.3 is 14.6 Å². The van der Waals surface area contributed by atoms with Crippen LogP contribution in [0.25, 0.3) is 0 Å². The highest BCUT2D eigenvalue weighted by molar-refractivity contribution is 9.10. The van der Waals surface area contributed by atoms with Gasteiger partial charge >= 0.3 is 0 Å². The maximum absolute atomic E-state index is 5.37. The molecular formula is C13H21BrN2O. The van der Waals surface area contributed by atoms with Gasteiger partial charge in [0.1, 0.15) is 5.76 Å². The van der Waals surface area contributed by atoms with Gasteiger partial charge in [0.05, 0.1) is 17.3 Å². The van der Waals surface area contributed by atoms with E-state index in [1.165, 1.54) is 32.5 Å². The summed E-state index contributed by atoms with van der Waals surface area (Å²) in [7, 11) is 0. The molecule has 1 fully saturated rings. The van der Waals surface area contributed by atoms with Gasteiger partial charge in [-0.1, -0.05) is 6.92 Å². The summed E-state index contributed by atoms with van der Waals surface area (Å²) in [5.74, 6) is 1.82. The van der Waals surface area contributed by atoms with Crippen LogP contribution in [0.4, 0.5) is 0 Å². The van der Waals surface area contributed by atoms with Gasteiger partial charge in [0.15, 0.2) is 0 Å². The summed E-state index contributed by atoms with van der Waals surface area (Å²) in [4.78, 5) is 2.53. The van der Waals surface area contributed by atoms with Gasteiger partial charge in [-0.3, -0.25) is 0 Å². The lowest BCUT2D eigenvalue weighted by Crippen LogP contribution is -2.36. The van der Waals surface area contributed by atoms with Gasteiger partial charge in [-0.15, -0.1) is 0 Å². The second kappa shape index (κ2) is 6.57. The molecular weight excluding hydrogens is 280 g/mol. The molecule has 0 aromatic carbocycles. The Kier molecular flexibility index (Phi) is 5.07. The molecule has 1 aromatic rings. The smallest absolute Gasteiger partial charge is 0.131 e. The molecule has 0 saturated carbocycles. The Morgan fingerprint density at radius 3 is 2.82 bits per heavy atom. The van der Waals surface area contributed by atoms with Crippen LogP contribution in [0.5, 0.6) is 0 Å². The minimum atomic E-state index is 0.821. The summed E-state index contributed by atoms with van der Waals surface area (Å²) in [5, 5.41) is 3.49. The molecule has 2 heterocycles. The third-order valence-electron chi connectivity index (χ3n) is 3.56. The highest BCUT2D eigenvalue weighted by Gasteiger charge is 2.17. The monoisotopic (exact) mass is 300 g/mol. The second-order valence-electron chi connectivity index (χ2n) is 4.70. The third-order valence-corrected chi connectivity index (χ3v) is 4.27. The van der Waals surface area contributed by atoms with E-state index in [1.54, 1.807) is 6.26 Å². The van der Waals surface area contributed by atoms with Crippen molar-refractivity contribution in [2.75, 3.05) is 26.2 Å². The Balaban J connectivity index is 1.65. The zero-order chi connectivity index (χ0) is 12.1. The molecule has 1 aromatic heterocycles. The Morgan fingerprint density at radius 1 is 1.47 bits per heavy atom. The van der Waals surface area contributed by atoms with E-state index in [-0.39, 0.29) is 0 Å². The molecule has 0 radical (unpaired) electrons. The summed E-state index contributed by atoms with van der Waals surface area (Å²) < 4.78 is 6.43. The number of furan rings is 1. The predicted octanol–water partition coefficient (Wildman–Crippen LogP) is 2.86. The maximum atomic E-state index is 5.37. The first-order valence-electron chi connectivity index (χ1n) is 6.44. The largest absolute Gasteiger partial charge is 0.467 e. The first-order valence-corrected chi connectivity index (χ1v) is 7.24. The van der Waals surface area contributed by atoms with Gasteiger partial charge in [-0.25, -0.2) is 0 Å². The summed E-state index contributed by atoms with van der Waals surface area (Å²) in [6, 6.07) is 1.94. The highest BCUT2D eigenvalue weighted by atomic mass is 79.9. The average Bonchev–Trinajstić information content (AvgIpc) is 2.76. The SMILES string of the molecule is CCN1CCC(CNCc2occc2Br)CC1. The van der Waals surface area contributed by atoms with Crippen LogP contribution < -0.4 is 5.32 Å². The molecule has 1 aliphatic heterocycles. The normalized spacial score (nSPS) is 18.7. The summed E-state index contributed by atoms with van der Waals surface area (Å²) >= 11 is 3.47. The van der Waals surface area contributed by atoms with Crippen LogP contribution in [-0.2, 0) is 6.54 Å². The first-order chi connectivity index (χ1) is 8.29. The second-order valence-corrected chi connectivity index (χ2v) is 5.55. The number of rotatable bonds is 5. The van der Waals surface area contributed by atoms with Crippen LogP contribution in [0.1, 0.15) is 25.5 Å². The molecule has 96 valence electrons. The van der Waals surface area contributed by atoms with E-state index in [9.17, 15) is 0 Å². The molecule has 1 aliphatic rings. The minimum Gasteiger partial charge on any atom is -0.467 e. The fourth-order valence-corrected chi connectivity index (χ4v) is 2.69. The molecule has 0 atom stereocenters. The van der Waals surface area contributed by atoms with Crippen molar-refractivity contribution in [3.63, 3.8) is 0 Å². The Morgan fingerprint density at radius 2 is 2.24 bits per heavy atom. The standard InChI is InChI=1S/C13H21BrN2O/c1-2-16-6-3-11(4-7-16)9-15-10-13-12(14)5-8-17-13/h5,8,11,15H,2-4,6-7,9-10H2,1H3. The molecule has 17 heavy (non-hydrogen) atoms.